The van der Waals surface area contributed by atoms with Crippen LogP contribution in [0.15, 0.2) is 23.4 Å². The molecule has 0 fully saturated rings. The standard InChI is InChI=1S/C13H16N2O4/c1-3-15(13(16)7-14-17-2)8-10-4-5-11-12(6-10)19-9-18-11/h4-7H,3,8-9H2,1-2H3. The molecule has 1 heterocycles. The third-order valence-corrected chi connectivity index (χ3v) is 2.77. The zero-order chi connectivity index (χ0) is 13.7. The van der Waals surface area contributed by atoms with Crippen LogP contribution in [0.5, 0.6) is 11.5 Å². The quantitative estimate of drug-likeness (QED) is 0.595. The highest BCUT2D eigenvalue weighted by molar-refractivity contribution is 6.25. The summed E-state index contributed by atoms with van der Waals surface area (Å²) >= 11 is 0. The summed E-state index contributed by atoms with van der Waals surface area (Å²) < 4.78 is 10.6. The topological polar surface area (TPSA) is 60.4 Å². The molecule has 0 bridgehead atoms. The molecule has 0 aromatic heterocycles. The fraction of sp³-hybridized carbons (Fsp3) is 0.385. The Morgan fingerprint density at radius 3 is 3.00 bits per heavy atom. The Balaban J connectivity index is 2.06. The van der Waals surface area contributed by atoms with E-state index in [0.29, 0.717) is 18.8 Å². The molecule has 1 aliphatic rings. The van der Waals surface area contributed by atoms with Crippen molar-refractivity contribution in [1.82, 2.24) is 4.90 Å². The molecule has 0 unspecified atom stereocenters. The molecule has 1 aromatic carbocycles. The summed E-state index contributed by atoms with van der Waals surface area (Å²) in [6.07, 6.45) is 1.16. The van der Waals surface area contributed by atoms with Crippen molar-refractivity contribution in [2.45, 2.75) is 13.5 Å². The number of nitrogens with zero attached hydrogens (tertiary/aromatic N) is 2. The van der Waals surface area contributed by atoms with Gasteiger partial charge in [-0.3, -0.25) is 4.79 Å². The molecule has 0 saturated carbocycles. The van der Waals surface area contributed by atoms with E-state index in [4.69, 9.17) is 9.47 Å². The lowest BCUT2D eigenvalue weighted by Gasteiger charge is -2.18. The number of fused-ring (bicyclic) bond motifs is 1. The van der Waals surface area contributed by atoms with Crippen molar-refractivity contribution in [3.8, 4) is 11.5 Å². The fourth-order valence-electron chi connectivity index (χ4n) is 1.78. The zero-order valence-corrected chi connectivity index (χ0v) is 11.0. The molecule has 1 aliphatic heterocycles. The van der Waals surface area contributed by atoms with Gasteiger partial charge in [0.2, 0.25) is 6.79 Å². The van der Waals surface area contributed by atoms with E-state index in [9.17, 15) is 4.79 Å². The highest BCUT2D eigenvalue weighted by Gasteiger charge is 2.15. The SMILES string of the molecule is CCN(Cc1ccc2c(c1)OCO2)C(=O)C=NOC. The van der Waals surface area contributed by atoms with E-state index < -0.39 is 0 Å². The maximum atomic E-state index is 11.8. The van der Waals surface area contributed by atoms with Crippen LogP contribution in [0.25, 0.3) is 0 Å². The fourth-order valence-corrected chi connectivity index (χ4v) is 1.78. The van der Waals surface area contributed by atoms with Gasteiger partial charge in [0.25, 0.3) is 5.91 Å². The maximum absolute atomic E-state index is 11.8. The summed E-state index contributed by atoms with van der Waals surface area (Å²) in [5.74, 6) is 1.26. The second-order valence-electron chi connectivity index (χ2n) is 3.96. The lowest BCUT2D eigenvalue weighted by atomic mass is 10.2. The summed E-state index contributed by atoms with van der Waals surface area (Å²) in [4.78, 5) is 18.0. The van der Waals surface area contributed by atoms with Crippen LogP contribution in [0.2, 0.25) is 0 Å². The van der Waals surface area contributed by atoms with Crippen LogP contribution in [-0.4, -0.2) is 37.5 Å². The van der Waals surface area contributed by atoms with E-state index in [1.165, 1.54) is 7.11 Å². The van der Waals surface area contributed by atoms with Gasteiger partial charge >= 0.3 is 0 Å². The first kappa shape index (κ1) is 13.2. The summed E-state index contributed by atoms with van der Waals surface area (Å²) in [5.41, 5.74) is 0.977. The Morgan fingerprint density at radius 2 is 2.26 bits per heavy atom. The van der Waals surface area contributed by atoms with E-state index in [0.717, 1.165) is 17.5 Å². The normalized spacial score (nSPS) is 12.7. The van der Waals surface area contributed by atoms with Gasteiger partial charge in [0.15, 0.2) is 11.5 Å². The number of amides is 1. The van der Waals surface area contributed by atoms with Crippen molar-refractivity contribution >= 4 is 12.1 Å². The number of rotatable bonds is 5. The van der Waals surface area contributed by atoms with Crippen LogP contribution in [0, 0.1) is 0 Å². The molecule has 1 aromatic rings. The van der Waals surface area contributed by atoms with Crippen molar-refractivity contribution in [3.63, 3.8) is 0 Å². The van der Waals surface area contributed by atoms with Crippen molar-refractivity contribution in [2.24, 2.45) is 5.16 Å². The van der Waals surface area contributed by atoms with E-state index >= 15 is 0 Å². The third-order valence-electron chi connectivity index (χ3n) is 2.77. The number of ether oxygens (including phenoxy) is 2. The second kappa shape index (κ2) is 6.08. The number of benzene rings is 1. The van der Waals surface area contributed by atoms with Crippen LogP contribution in [0.4, 0.5) is 0 Å². The van der Waals surface area contributed by atoms with Gasteiger partial charge in [-0.1, -0.05) is 11.2 Å². The summed E-state index contributed by atoms with van der Waals surface area (Å²) in [6, 6.07) is 5.64. The van der Waals surface area contributed by atoms with Crippen LogP contribution in [0.3, 0.4) is 0 Å². The van der Waals surface area contributed by atoms with Gasteiger partial charge in [0.1, 0.15) is 13.3 Å². The van der Waals surface area contributed by atoms with Gasteiger partial charge in [0.05, 0.1) is 0 Å². The Bertz CT molecular complexity index is 488. The average molecular weight is 264 g/mol. The Labute approximate surface area is 111 Å². The Hall–Kier alpha value is -2.24. The van der Waals surface area contributed by atoms with Crippen molar-refractivity contribution in [1.29, 1.82) is 0 Å². The molecule has 6 heteroatoms. The Kier molecular flexibility index (Phi) is 4.22. The summed E-state index contributed by atoms with van der Waals surface area (Å²) in [5, 5.41) is 3.48. The molecule has 2 rings (SSSR count). The van der Waals surface area contributed by atoms with E-state index in [1.807, 2.05) is 25.1 Å². The first-order valence-electron chi connectivity index (χ1n) is 5.98. The van der Waals surface area contributed by atoms with Gasteiger partial charge in [0, 0.05) is 13.1 Å². The van der Waals surface area contributed by atoms with Crippen LogP contribution >= 0.6 is 0 Å². The predicted molar refractivity (Wildman–Crippen MR) is 69.2 cm³/mol. The third kappa shape index (κ3) is 3.15. The molecule has 0 N–H and O–H groups in total. The molecule has 0 aliphatic carbocycles. The minimum absolute atomic E-state index is 0.193. The molecule has 0 saturated heterocycles. The largest absolute Gasteiger partial charge is 0.454 e. The van der Waals surface area contributed by atoms with Crippen LogP contribution < -0.4 is 9.47 Å². The van der Waals surface area contributed by atoms with Crippen LogP contribution in [0.1, 0.15) is 12.5 Å². The first-order valence-corrected chi connectivity index (χ1v) is 5.98. The molecule has 0 atom stereocenters. The van der Waals surface area contributed by atoms with Crippen molar-refractivity contribution in [3.05, 3.63) is 23.8 Å². The van der Waals surface area contributed by atoms with Gasteiger partial charge in [-0.05, 0) is 24.6 Å². The second-order valence-corrected chi connectivity index (χ2v) is 3.96. The van der Waals surface area contributed by atoms with Gasteiger partial charge < -0.3 is 19.2 Å². The van der Waals surface area contributed by atoms with Gasteiger partial charge in [-0.15, -0.1) is 0 Å². The highest BCUT2D eigenvalue weighted by atomic mass is 16.7. The highest BCUT2D eigenvalue weighted by Crippen LogP contribution is 2.32. The first-order chi connectivity index (χ1) is 9.24. The monoisotopic (exact) mass is 264 g/mol. The number of carbonyl (C=O) groups excluding carboxylic acids is 1. The molecule has 19 heavy (non-hydrogen) atoms. The van der Waals surface area contributed by atoms with Gasteiger partial charge in [-0.25, -0.2) is 0 Å². The van der Waals surface area contributed by atoms with Crippen LogP contribution in [-0.2, 0) is 16.2 Å². The van der Waals surface area contributed by atoms with Crippen molar-refractivity contribution < 1.29 is 19.1 Å². The number of carbonyl (C=O) groups is 1. The number of hydrogen-bond acceptors (Lipinski definition) is 5. The molecule has 6 nitrogen and oxygen atoms in total. The van der Waals surface area contributed by atoms with E-state index in [-0.39, 0.29) is 12.7 Å². The minimum Gasteiger partial charge on any atom is -0.454 e. The predicted octanol–water partition coefficient (Wildman–Crippen LogP) is 1.40. The average Bonchev–Trinajstić information content (AvgIpc) is 2.89. The molecule has 0 spiro atoms. The zero-order valence-electron chi connectivity index (χ0n) is 11.0. The maximum Gasteiger partial charge on any atom is 0.268 e. The lowest BCUT2D eigenvalue weighted by Crippen LogP contribution is -2.31. The molecular formula is C13H16N2O4. The Morgan fingerprint density at radius 1 is 1.47 bits per heavy atom. The molecule has 102 valence electrons. The lowest BCUT2D eigenvalue weighted by molar-refractivity contribution is -0.124. The summed E-state index contributed by atoms with van der Waals surface area (Å²) in [7, 11) is 1.40. The van der Waals surface area contributed by atoms with Gasteiger partial charge in [-0.2, -0.15) is 0 Å². The smallest absolute Gasteiger partial charge is 0.268 e. The molecule has 0 radical (unpaired) electrons. The van der Waals surface area contributed by atoms with Crippen molar-refractivity contribution in [2.75, 3.05) is 20.4 Å². The number of hydrogen-bond donors (Lipinski definition) is 0. The van der Waals surface area contributed by atoms with E-state index in [1.54, 1.807) is 4.90 Å². The molecule has 1 amide bonds. The minimum atomic E-state index is -0.193. The molecular weight excluding hydrogens is 248 g/mol. The number of oxime groups is 1. The summed E-state index contributed by atoms with van der Waals surface area (Å²) in [6.45, 7) is 3.23. The van der Waals surface area contributed by atoms with E-state index in [2.05, 4.69) is 9.99 Å².